The lowest BCUT2D eigenvalue weighted by molar-refractivity contribution is -0.0610. The molecule has 1 aliphatic rings. The first-order valence-electron chi connectivity index (χ1n) is 6.06. The minimum atomic E-state index is -0.635. The molecule has 4 nitrogen and oxygen atoms in total. The molecule has 0 aromatic rings. The lowest BCUT2D eigenvalue weighted by Crippen LogP contribution is -2.49. The zero-order valence-corrected chi connectivity index (χ0v) is 13.3. The van der Waals surface area contributed by atoms with Crippen LogP contribution in [0.3, 0.4) is 0 Å². The molecule has 1 saturated heterocycles. The van der Waals surface area contributed by atoms with Crippen molar-refractivity contribution in [1.82, 2.24) is 4.90 Å². The smallest absolute Gasteiger partial charge is 0.413 e. The molecule has 1 heterocycles. The second-order valence-electron chi connectivity index (χ2n) is 5.76. The maximum Gasteiger partial charge on any atom is 0.413 e. The molecule has 1 fully saturated rings. The molecule has 0 N–H and O–H groups in total. The van der Waals surface area contributed by atoms with Crippen molar-refractivity contribution in [2.24, 2.45) is 0 Å². The molecule has 0 aromatic heterocycles. The second-order valence-corrected chi connectivity index (χ2v) is 6.41. The highest BCUT2D eigenvalue weighted by Crippen LogP contribution is 2.29. The van der Waals surface area contributed by atoms with Crippen LogP contribution in [-0.4, -0.2) is 40.3 Å². The van der Waals surface area contributed by atoms with Crippen molar-refractivity contribution >= 4 is 22.0 Å². The Morgan fingerprint density at radius 3 is 2.67 bits per heavy atom. The number of hydrogen-bond acceptors (Lipinski definition) is 3. The van der Waals surface area contributed by atoms with E-state index in [1.807, 2.05) is 46.8 Å². The summed E-state index contributed by atoms with van der Waals surface area (Å²) in [4.78, 5) is 13.9. The number of amides is 1. The number of nitrogens with zero attached hydrogens (tertiary/aromatic N) is 1. The molecule has 1 atom stereocenters. The summed E-state index contributed by atoms with van der Waals surface area (Å²) < 4.78 is 11.1. The molecule has 0 spiro atoms. The summed E-state index contributed by atoms with van der Waals surface area (Å²) in [6.07, 6.45) is 3.59. The van der Waals surface area contributed by atoms with Gasteiger partial charge in [0.2, 0.25) is 0 Å². The first-order chi connectivity index (χ1) is 8.17. The minimum absolute atomic E-state index is 0.0765. The number of alkyl halides is 1. The van der Waals surface area contributed by atoms with Gasteiger partial charge in [0, 0.05) is 5.33 Å². The largest absolute Gasteiger partial charge is 0.444 e. The van der Waals surface area contributed by atoms with Gasteiger partial charge in [0.25, 0.3) is 0 Å². The summed E-state index contributed by atoms with van der Waals surface area (Å²) in [5.41, 5.74) is -1.14. The molecule has 1 aliphatic heterocycles. The van der Waals surface area contributed by atoms with Crippen molar-refractivity contribution in [1.29, 1.82) is 0 Å². The van der Waals surface area contributed by atoms with Crippen molar-refractivity contribution in [2.45, 2.75) is 52.0 Å². The fraction of sp³-hybridized carbons (Fsp3) is 0.769. The molecule has 1 amide bonds. The summed E-state index contributed by atoms with van der Waals surface area (Å²) in [5.74, 6) is 0. The first kappa shape index (κ1) is 15.5. The lowest BCUT2D eigenvalue weighted by atomic mass is 10.2. The van der Waals surface area contributed by atoms with Gasteiger partial charge in [-0.25, -0.2) is 4.79 Å². The van der Waals surface area contributed by atoms with Crippen molar-refractivity contribution in [3.05, 3.63) is 12.2 Å². The molecular weight excluding hydrogens is 298 g/mol. The van der Waals surface area contributed by atoms with Crippen LogP contribution < -0.4 is 0 Å². The number of carbonyl (C=O) groups excluding carboxylic acids is 1. The van der Waals surface area contributed by atoms with Crippen molar-refractivity contribution in [3.8, 4) is 0 Å². The molecule has 1 rings (SSSR count). The third kappa shape index (κ3) is 3.99. The van der Waals surface area contributed by atoms with Crippen LogP contribution in [0.25, 0.3) is 0 Å². The van der Waals surface area contributed by atoms with E-state index in [-0.39, 0.29) is 12.1 Å². The number of rotatable bonds is 2. The minimum Gasteiger partial charge on any atom is -0.444 e. The van der Waals surface area contributed by atoms with E-state index in [0.717, 1.165) is 5.33 Å². The van der Waals surface area contributed by atoms with Gasteiger partial charge in [0.15, 0.2) is 0 Å². The fourth-order valence-electron chi connectivity index (χ4n) is 1.85. The Labute approximate surface area is 117 Å². The molecule has 0 unspecified atom stereocenters. The SMILES string of the molecule is CC(C)(C)OC(=O)N1[C@H](/C=C/CBr)COC1(C)C. The van der Waals surface area contributed by atoms with Crippen molar-refractivity contribution < 1.29 is 14.3 Å². The standard InChI is InChI=1S/C13H22BrNO3/c1-12(2,3)18-11(16)15-10(7-6-8-14)9-17-13(15,4)5/h6-7,10H,8-9H2,1-5H3/b7-6+/t10-/m1/s1. The molecule has 104 valence electrons. The van der Waals surface area contributed by atoms with Gasteiger partial charge >= 0.3 is 6.09 Å². The third-order valence-electron chi connectivity index (χ3n) is 2.56. The Balaban J connectivity index is 2.85. The topological polar surface area (TPSA) is 38.8 Å². The molecule has 0 saturated carbocycles. The average molecular weight is 320 g/mol. The van der Waals surface area contributed by atoms with Gasteiger partial charge in [-0.1, -0.05) is 28.1 Å². The molecule has 5 heteroatoms. The highest BCUT2D eigenvalue weighted by atomic mass is 79.9. The van der Waals surface area contributed by atoms with Crippen LogP contribution in [0.2, 0.25) is 0 Å². The van der Waals surface area contributed by atoms with Gasteiger partial charge in [-0.15, -0.1) is 0 Å². The number of allylic oxidation sites excluding steroid dienone is 1. The Morgan fingerprint density at radius 1 is 1.56 bits per heavy atom. The van der Waals surface area contributed by atoms with Gasteiger partial charge in [-0.3, -0.25) is 4.90 Å². The van der Waals surface area contributed by atoms with Crippen LogP contribution >= 0.6 is 15.9 Å². The van der Waals surface area contributed by atoms with E-state index in [1.54, 1.807) is 4.90 Å². The van der Waals surface area contributed by atoms with Crippen LogP contribution in [-0.2, 0) is 9.47 Å². The van der Waals surface area contributed by atoms with Crippen LogP contribution in [0.1, 0.15) is 34.6 Å². The Hall–Kier alpha value is -0.550. The number of hydrogen-bond donors (Lipinski definition) is 0. The van der Waals surface area contributed by atoms with Crippen molar-refractivity contribution in [3.63, 3.8) is 0 Å². The zero-order chi connectivity index (χ0) is 14.0. The van der Waals surface area contributed by atoms with Gasteiger partial charge in [-0.05, 0) is 34.6 Å². The van der Waals surface area contributed by atoms with E-state index in [0.29, 0.717) is 6.61 Å². The molecule has 0 aromatic carbocycles. The predicted octanol–water partition coefficient (Wildman–Crippen LogP) is 3.31. The zero-order valence-electron chi connectivity index (χ0n) is 11.7. The van der Waals surface area contributed by atoms with Gasteiger partial charge in [0.1, 0.15) is 11.3 Å². The van der Waals surface area contributed by atoms with Gasteiger partial charge in [0.05, 0.1) is 12.6 Å². The van der Waals surface area contributed by atoms with Crippen LogP contribution in [0.15, 0.2) is 12.2 Å². The average Bonchev–Trinajstić information content (AvgIpc) is 2.48. The van der Waals surface area contributed by atoms with Crippen LogP contribution in [0.5, 0.6) is 0 Å². The highest BCUT2D eigenvalue weighted by molar-refractivity contribution is 9.09. The third-order valence-corrected chi connectivity index (χ3v) is 2.93. The van der Waals surface area contributed by atoms with Crippen LogP contribution in [0.4, 0.5) is 4.79 Å². The van der Waals surface area contributed by atoms with E-state index in [4.69, 9.17) is 9.47 Å². The monoisotopic (exact) mass is 319 g/mol. The van der Waals surface area contributed by atoms with E-state index < -0.39 is 11.3 Å². The van der Waals surface area contributed by atoms with Crippen LogP contribution in [0, 0.1) is 0 Å². The van der Waals surface area contributed by atoms with Gasteiger partial charge in [-0.2, -0.15) is 0 Å². The fourth-order valence-corrected chi connectivity index (χ4v) is 2.07. The number of carbonyl (C=O) groups is 1. The Kier molecular flexibility index (Phi) is 4.84. The van der Waals surface area contributed by atoms with E-state index in [1.165, 1.54) is 0 Å². The Morgan fingerprint density at radius 2 is 2.17 bits per heavy atom. The summed E-state index contributed by atoms with van der Waals surface area (Å²) in [6, 6.07) is -0.0765. The molecule has 0 bridgehead atoms. The maximum atomic E-state index is 12.2. The molecule has 18 heavy (non-hydrogen) atoms. The summed E-state index contributed by atoms with van der Waals surface area (Å²) in [5, 5.41) is 0.756. The predicted molar refractivity (Wildman–Crippen MR) is 74.8 cm³/mol. The molecule has 0 radical (unpaired) electrons. The van der Waals surface area contributed by atoms with E-state index in [2.05, 4.69) is 15.9 Å². The van der Waals surface area contributed by atoms with Gasteiger partial charge < -0.3 is 9.47 Å². The van der Waals surface area contributed by atoms with E-state index in [9.17, 15) is 4.79 Å². The normalized spacial score (nSPS) is 23.7. The van der Waals surface area contributed by atoms with Crippen molar-refractivity contribution in [2.75, 3.05) is 11.9 Å². The summed E-state index contributed by atoms with van der Waals surface area (Å²) in [7, 11) is 0. The summed E-state index contributed by atoms with van der Waals surface area (Å²) >= 11 is 3.33. The number of halogens is 1. The van der Waals surface area contributed by atoms with E-state index >= 15 is 0 Å². The molecular formula is C13H22BrNO3. The highest BCUT2D eigenvalue weighted by Gasteiger charge is 2.44. The summed E-state index contributed by atoms with van der Waals surface area (Å²) in [6.45, 7) is 9.82. The lowest BCUT2D eigenvalue weighted by Gasteiger charge is -2.34. The Bertz CT molecular complexity index is 334. The number of ether oxygens (including phenoxy) is 2. The maximum absolute atomic E-state index is 12.2. The molecule has 0 aliphatic carbocycles. The second kappa shape index (κ2) is 5.61. The first-order valence-corrected chi connectivity index (χ1v) is 7.18. The quantitative estimate of drug-likeness (QED) is 0.579.